The molecule has 0 saturated heterocycles. The fourth-order valence-electron chi connectivity index (χ4n) is 2.52. The molecule has 18 heavy (non-hydrogen) atoms. The molecule has 1 aromatic rings. The number of alkyl halides is 1. The molecule has 0 aromatic heterocycles. The quantitative estimate of drug-likeness (QED) is 0.721. The molecule has 0 atom stereocenters. The summed E-state index contributed by atoms with van der Waals surface area (Å²) in [5.41, 5.74) is 0.898. The van der Waals surface area contributed by atoms with Crippen LogP contribution >= 0.6 is 15.9 Å². The average molecular weight is 315 g/mol. The van der Waals surface area contributed by atoms with Crippen molar-refractivity contribution in [3.8, 4) is 5.75 Å². The summed E-state index contributed by atoms with van der Waals surface area (Å²) in [5.74, 6) is 0.452. The van der Waals surface area contributed by atoms with Crippen molar-refractivity contribution in [3.05, 3.63) is 29.6 Å². The van der Waals surface area contributed by atoms with Crippen molar-refractivity contribution in [3.63, 3.8) is 0 Å². The summed E-state index contributed by atoms with van der Waals surface area (Å²) < 4.78 is 19.2. The number of aryl methyl sites for hydroxylation is 1. The predicted molar refractivity (Wildman–Crippen MR) is 75.9 cm³/mol. The third-order valence-corrected chi connectivity index (χ3v) is 5.08. The topological polar surface area (TPSA) is 9.23 Å². The summed E-state index contributed by atoms with van der Waals surface area (Å²) >= 11 is 3.61. The lowest BCUT2D eigenvalue weighted by atomic mass is 9.76. The first-order valence-electron chi connectivity index (χ1n) is 6.60. The zero-order valence-electron chi connectivity index (χ0n) is 10.8. The van der Waals surface area contributed by atoms with E-state index in [-0.39, 0.29) is 11.2 Å². The van der Waals surface area contributed by atoms with Crippen LogP contribution in [-0.2, 0) is 0 Å². The second-order valence-electron chi connectivity index (χ2n) is 5.39. The molecule has 1 fully saturated rings. The van der Waals surface area contributed by atoms with E-state index in [2.05, 4.69) is 15.9 Å². The SMILES string of the molecule is Cc1ccc(OCC2(CBr)CCCCC2)cc1F. The zero-order valence-corrected chi connectivity index (χ0v) is 12.4. The maximum absolute atomic E-state index is 13.4. The van der Waals surface area contributed by atoms with Gasteiger partial charge in [-0.2, -0.15) is 0 Å². The molecule has 1 aromatic carbocycles. The largest absolute Gasteiger partial charge is 0.493 e. The molecule has 1 nitrogen and oxygen atoms in total. The Labute approximate surface area is 117 Å². The molecule has 1 aliphatic rings. The summed E-state index contributed by atoms with van der Waals surface area (Å²) in [6.07, 6.45) is 6.28. The Balaban J connectivity index is 1.98. The molecule has 0 radical (unpaired) electrons. The van der Waals surface area contributed by atoms with Crippen molar-refractivity contribution in [1.29, 1.82) is 0 Å². The molecule has 3 heteroatoms. The number of ether oxygens (including phenoxy) is 1. The molecule has 0 unspecified atom stereocenters. The van der Waals surface area contributed by atoms with E-state index in [0.29, 0.717) is 17.9 Å². The summed E-state index contributed by atoms with van der Waals surface area (Å²) in [5, 5.41) is 0.967. The average Bonchev–Trinajstić information content (AvgIpc) is 2.41. The fourth-order valence-corrected chi connectivity index (χ4v) is 3.24. The smallest absolute Gasteiger partial charge is 0.129 e. The van der Waals surface area contributed by atoms with Gasteiger partial charge in [0.25, 0.3) is 0 Å². The third kappa shape index (κ3) is 3.25. The molecular formula is C15H20BrFO. The third-order valence-electron chi connectivity index (χ3n) is 3.89. The normalized spacial score (nSPS) is 18.6. The first-order valence-corrected chi connectivity index (χ1v) is 7.72. The van der Waals surface area contributed by atoms with Crippen molar-refractivity contribution in [2.75, 3.05) is 11.9 Å². The van der Waals surface area contributed by atoms with Crippen LogP contribution in [0.4, 0.5) is 4.39 Å². The van der Waals surface area contributed by atoms with E-state index in [1.807, 2.05) is 6.07 Å². The van der Waals surface area contributed by atoms with E-state index in [1.165, 1.54) is 38.2 Å². The van der Waals surface area contributed by atoms with Crippen LogP contribution in [0.25, 0.3) is 0 Å². The number of hydrogen-bond acceptors (Lipinski definition) is 1. The van der Waals surface area contributed by atoms with E-state index in [1.54, 1.807) is 13.0 Å². The number of rotatable bonds is 4. The van der Waals surface area contributed by atoms with Gasteiger partial charge < -0.3 is 4.74 Å². The molecule has 0 heterocycles. The molecule has 0 bridgehead atoms. The highest BCUT2D eigenvalue weighted by atomic mass is 79.9. The summed E-state index contributed by atoms with van der Waals surface area (Å²) in [6.45, 7) is 2.45. The highest BCUT2D eigenvalue weighted by molar-refractivity contribution is 9.09. The van der Waals surface area contributed by atoms with Crippen LogP contribution in [0, 0.1) is 18.2 Å². The highest BCUT2D eigenvalue weighted by Crippen LogP contribution is 2.38. The van der Waals surface area contributed by atoms with Gasteiger partial charge in [0.2, 0.25) is 0 Å². The first-order chi connectivity index (χ1) is 8.65. The fraction of sp³-hybridized carbons (Fsp3) is 0.600. The van der Waals surface area contributed by atoms with Gasteiger partial charge in [-0.1, -0.05) is 41.3 Å². The lowest BCUT2D eigenvalue weighted by Gasteiger charge is -2.35. The van der Waals surface area contributed by atoms with Gasteiger partial charge in [0, 0.05) is 16.8 Å². The second-order valence-corrected chi connectivity index (χ2v) is 5.95. The lowest BCUT2D eigenvalue weighted by molar-refractivity contribution is 0.121. The Morgan fingerprint density at radius 1 is 1.28 bits per heavy atom. The maximum Gasteiger partial charge on any atom is 0.129 e. The van der Waals surface area contributed by atoms with Crippen LogP contribution in [0.2, 0.25) is 0 Å². The van der Waals surface area contributed by atoms with Gasteiger partial charge in [0.15, 0.2) is 0 Å². The van der Waals surface area contributed by atoms with Crippen LogP contribution < -0.4 is 4.74 Å². The van der Waals surface area contributed by atoms with E-state index in [4.69, 9.17) is 4.74 Å². The maximum atomic E-state index is 13.4. The Kier molecular flexibility index (Phi) is 4.66. The van der Waals surface area contributed by atoms with Gasteiger partial charge in [-0.25, -0.2) is 4.39 Å². The standard InChI is InChI=1S/C15H20BrFO/c1-12-5-6-13(9-14(12)17)18-11-15(10-16)7-3-2-4-8-15/h5-6,9H,2-4,7-8,10-11H2,1H3. The van der Waals surface area contributed by atoms with Gasteiger partial charge in [-0.15, -0.1) is 0 Å². The summed E-state index contributed by atoms with van der Waals surface area (Å²) in [6, 6.07) is 5.11. The molecule has 1 saturated carbocycles. The molecule has 1 aliphatic carbocycles. The zero-order chi connectivity index (χ0) is 13.0. The molecule has 2 rings (SSSR count). The van der Waals surface area contributed by atoms with Crippen molar-refractivity contribution < 1.29 is 9.13 Å². The Morgan fingerprint density at radius 3 is 2.61 bits per heavy atom. The molecular weight excluding hydrogens is 295 g/mol. The van der Waals surface area contributed by atoms with Gasteiger partial charge in [0.1, 0.15) is 11.6 Å². The minimum atomic E-state index is -0.191. The predicted octanol–water partition coefficient (Wildman–Crippen LogP) is 4.86. The van der Waals surface area contributed by atoms with E-state index in [9.17, 15) is 4.39 Å². The van der Waals surface area contributed by atoms with E-state index < -0.39 is 0 Å². The minimum Gasteiger partial charge on any atom is -0.493 e. The van der Waals surface area contributed by atoms with Crippen LogP contribution in [0.3, 0.4) is 0 Å². The van der Waals surface area contributed by atoms with Gasteiger partial charge in [-0.05, 0) is 31.4 Å². The summed E-state index contributed by atoms with van der Waals surface area (Å²) in [7, 11) is 0. The highest BCUT2D eigenvalue weighted by Gasteiger charge is 2.31. The second kappa shape index (κ2) is 6.05. The van der Waals surface area contributed by atoms with Crippen molar-refractivity contribution in [2.45, 2.75) is 39.0 Å². The van der Waals surface area contributed by atoms with Gasteiger partial charge in [0.05, 0.1) is 6.61 Å². The summed E-state index contributed by atoms with van der Waals surface area (Å²) in [4.78, 5) is 0. The van der Waals surface area contributed by atoms with Crippen molar-refractivity contribution >= 4 is 15.9 Å². The Morgan fingerprint density at radius 2 is 2.00 bits per heavy atom. The van der Waals surface area contributed by atoms with E-state index in [0.717, 1.165) is 5.33 Å². The number of halogens is 2. The van der Waals surface area contributed by atoms with Crippen LogP contribution in [0.1, 0.15) is 37.7 Å². The Bertz CT molecular complexity index is 399. The molecule has 0 spiro atoms. The Hall–Kier alpha value is -0.570. The number of hydrogen-bond donors (Lipinski definition) is 0. The molecule has 100 valence electrons. The van der Waals surface area contributed by atoms with Gasteiger partial charge >= 0.3 is 0 Å². The van der Waals surface area contributed by atoms with E-state index >= 15 is 0 Å². The lowest BCUT2D eigenvalue weighted by Crippen LogP contribution is -2.32. The van der Waals surface area contributed by atoms with Crippen molar-refractivity contribution in [2.24, 2.45) is 5.41 Å². The van der Waals surface area contributed by atoms with Crippen LogP contribution in [0.15, 0.2) is 18.2 Å². The van der Waals surface area contributed by atoms with Crippen LogP contribution in [-0.4, -0.2) is 11.9 Å². The number of benzene rings is 1. The van der Waals surface area contributed by atoms with Gasteiger partial charge in [-0.3, -0.25) is 0 Å². The first kappa shape index (κ1) is 13.9. The molecule has 0 aliphatic heterocycles. The van der Waals surface area contributed by atoms with Crippen LogP contribution in [0.5, 0.6) is 5.75 Å². The molecule has 0 N–H and O–H groups in total. The minimum absolute atomic E-state index is 0.191. The van der Waals surface area contributed by atoms with Crippen molar-refractivity contribution in [1.82, 2.24) is 0 Å². The monoisotopic (exact) mass is 314 g/mol. The molecule has 0 amide bonds.